The van der Waals surface area contributed by atoms with E-state index in [1.807, 2.05) is 73.6 Å². The third-order valence-corrected chi connectivity index (χ3v) is 11.2. The highest BCUT2D eigenvalue weighted by Gasteiger charge is 2.53. The Morgan fingerprint density at radius 2 is 1.48 bits per heavy atom. The van der Waals surface area contributed by atoms with Crippen LogP contribution in [-0.4, -0.2) is 46.2 Å². The fraction of sp³-hybridized carbons (Fsp3) is 0.469. The van der Waals surface area contributed by atoms with Crippen LogP contribution < -0.4 is 15.7 Å². The van der Waals surface area contributed by atoms with Gasteiger partial charge in [-0.2, -0.15) is 0 Å². The molecule has 3 aliphatic heterocycles. The number of aromatic nitrogens is 2. The summed E-state index contributed by atoms with van der Waals surface area (Å²) in [7, 11) is -1.26. The second kappa shape index (κ2) is 9.80. The van der Waals surface area contributed by atoms with Crippen molar-refractivity contribution in [2.75, 3.05) is 0 Å². The van der Waals surface area contributed by atoms with Gasteiger partial charge >= 0.3 is 14.2 Å². The van der Waals surface area contributed by atoms with E-state index >= 15 is 4.39 Å². The van der Waals surface area contributed by atoms with E-state index in [0.717, 1.165) is 32.5 Å². The number of nitrogens with zero attached hydrogens (tertiary/aromatic N) is 2. The zero-order valence-corrected chi connectivity index (χ0v) is 28.1. The number of halogens is 2. The van der Waals surface area contributed by atoms with E-state index in [1.165, 1.54) is 17.4 Å². The Bertz CT molecular complexity index is 1790. The first kappa shape index (κ1) is 30.3. The topological polar surface area (TPSA) is 64.0 Å². The number of benzene rings is 2. The molecule has 0 spiro atoms. The van der Waals surface area contributed by atoms with Crippen LogP contribution in [0.15, 0.2) is 36.5 Å². The van der Waals surface area contributed by atoms with Crippen molar-refractivity contribution in [3.05, 3.63) is 57.3 Å². The molecule has 2 aromatic carbocycles. The predicted molar refractivity (Wildman–Crippen MR) is 174 cm³/mol. The molecule has 44 heavy (non-hydrogen) atoms. The van der Waals surface area contributed by atoms with Crippen molar-refractivity contribution in [2.24, 2.45) is 0 Å². The Morgan fingerprint density at radius 1 is 0.886 bits per heavy atom. The van der Waals surface area contributed by atoms with Crippen molar-refractivity contribution >= 4 is 59.0 Å². The molecule has 230 valence electrons. The molecule has 0 radical (unpaired) electrons. The summed E-state index contributed by atoms with van der Waals surface area (Å²) < 4.78 is 50.9. The maximum Gasteiger partial charge on any atom is 0.495 e. The summed E-state index contributed by atoms with van der Waals surface area (Å²) in [6, 6.07) is 9.51. The number of rotatable bonds is 4. The standard InChI is InChI=1S/C32H36B2ClFN2O5S/c1-10-19-20-13-17(33-40-29(2,3)30(4,5)41-33)11-12-22(20)38-26(19)25-21(36)14-18(34-42-31(6,7)32(8,9)43-34)15-23(25)39-27(38)24-16-37-28(35)44-24/h11-16,27H,10H2,1-9H3. The van der Waals surface area contributed by atoms with Crippen LogP contribution in [-0.2, 0) is 25.0 Å². The third-order valence-electron chi connectivity index (χ3n) is 10.1. The molecule has 2 aromatic heterocycles. The quantitative estimate of drug-likeness (QED) is 0.234. The molecule has 2 saturated heterocycles. The van der Waals surface area contributed by atoms with Crippen molar-refractivity contribution in [3.63, 3.8) is 0 Å². The molecule has 4 aromatic rings. The highest BCUT2D eigenvalue weighted by Crippen LogP contribution is 2.49. The highest BCUT2D eigenvalue weighted by molar-refractivity contribution is 7.15. The lowest BCUT2D eigenvalue weighted by molar-refractivity contribution is 0.00578. The molecule has 3 aliphatic rings. The molecule has 5 heterocycles. The van der Waals surface area contributed by atoms with Gasteiger partial charge < -0.3 is 23.4 Å². The molecule has 0 N–H and O–H groups in total. The van der Waals surface area contributed by atoms with E-state index in [9.17, 15) is 0 Å². The fourth-order valence-corrected chi connectivity index (χ4v) is 7.15. The van der Waals surface area contributed by atoms with Gasteiger partial charge in [0, 0.05) is 11.6 Å². The smallest absolute Gasteiger partial charge is 0.464 e. The molecular weight excluding hydrogens is 601 g/mol. The van der Waals surface area contributed by atoms with E-state index in [1.54, 1.807) is 6.20 Å². The van der Waals surface area contributed by atoms with E-state index in [0.29, 0.717) is 27.7 Å². The summed E-state index contributed by atoms with van der Waals surface area (Å²) in [4.78, 5) is 5.10. The first-order chi connectivity index (χ1) is 20.5. The van der Waals surface area contributed by atoms with Crippen LogP contribution in [0.3, 0.4) is 0 Å². The Balaban J connectivity index is 1.41. The summed E-state index contributed by atoms with van der Waals surface area (Å²) in [6.07, 6.45) is 1.78. The van der Waals surface area contributed by atoms with Crippen molar-refractivity contribution in [1.82, 2.24) is 9.55 Å². The molecule has 12 heteroatoms. The molecule has 0 bridgehead atoms. The summed E-state index contributed by atoms with van der Waals surface area (Å²) in [5.74, 6) is 0.0124. The SMILES string of the molecule is CCc1c2n(c3ccc(B4OC(C)(C)C(C)(C)O4)cc13)C(c1cnc(Cl)s1)Oc1cc(B3OC(C)(C)C(C)(C)O3)cc(F)c1-2. The number of aryl methyl sites for hydroxylation is 1. The number of fused-ring (bicyclic) bond motifs is 5. The fourth-order valence-electron chi connectivity index (χ4n) is 6.17. The van der Waals surface area contributed by atoms with E-state index in [-0.39, 0.29) is 0 Å². The maximum absolute atomic E-state index is 16.4. The summed E-state index contributed by atoms with van der Waals surface area (Å²) in [5.41, 5.74) is 2.48. The van der Waals surface area contributed by atoms with Gasteiger partial charge in [0.05, 0.1) is 44.1 Å². The zero-order chi connectivity index (χ0) is 31.6. The number of thiazole rings is 1. The second-order valence-corrected chi connectivity index (χ2v) is 15.5. The van der Waals surface area contributed by atoms with Gasteiger partial charge in [-0.25, -0.2) is 9.37 Å². The molecule has 2 fully saturated rings. The van der Waals surface area contributed by atoms with Gasteiger partial charge in [0.15, 0.2) is 4.47 Å². The van der Waals surface area contributed by atoms with Gasteiger partial charge in [0.25, 0.3) is 0 Å². The van der Waals surface area contributed by atoms with Crippen molar-refractivity contribution < 1.29 is 27.7 Å². The minimum absolute atomic E-state index is 0.405. The molecular formula is C32H36B2ClFN2O5S. The first-order valence-corrected chi connectivity index (χ1v) is 16.2. The average molecular weight is 637 g/mol. The molecule has 1 atom stereocenters. The van der Waals surface area contributed by atoms with Crippen molar-refractivity contribution in [1.29, 1.82) is 0 Å². The van der Waals surface area contributed by atoms with Crippen molar-refractivity contribution in [2.45, 2.75) is 97.4 Å². The van der Waals surface area contributed by atoms with Crippen LogP contribution in [0.4, 0.5) is 4.39 Å². The molecule has 7 nitrogen and oxygen atoms in total. The normalized spacial score (nSPS) is 22.8. The Hall–Kier alpha value is -2.40. The van der Waals surface area contributed by atoms with Crippen LogP contribution in [0.1, 0.15) is 79.0 Å². The second-order valence-electron chi connectivity index (χ2n) is 13.9. The molecule has 0 aliphatic carbocycles. The number of hydrogen-bond donors (Lipinski definition) is 0. The average Bonchev–Trinajstić information content (AvgIpc) is 3.62. The predicted octanol–water partition coefficient (Wildman–Crippen LogP) is 6.66. The minimum Gasteiger partial charge on any atom is -0.464 e. The van der Waals surface area contributed by atoms with Gasteiger partial charge in [-0.15, -0.1) is 11.3 Å². The molecule has 0 saturated carbocycles. The molecule has 1 unspecified atom stereocenters. The number of ether oxygens (including phenoxy) is 1. The van der Waals surface area contributed by atoms with Crippen molar-refractivity contribution in [3.8, 4) is 17.0 Å². The monoisotopic (exact) mass is 636 g/mol. The Morgan fingerprint density at radius 3 is 2.02 bits per heavy atom. The third kappa shape index (κ3) is 4.42. The lowest BCUT2D eigenvalue weighted by Gasteiger charge is -2.32. The van der Waals surface area contributed by atoms with E-state index in [2.05, 4.69) is 22.5 Å². The van der Waals surface area contributed by atoms with Gasteiger partial charge in [0.1, 0.15) is 11.6 Å². The maximum atomic E-state index is 16.4. The van der Waals surface area contributed by atoms with Crippen LogP contribution in [0.5, 0.6) is 5.75 Å². The Labute approximate surface area is 267 Å². The van der Waals surface area contributed by atoms with Crippen LogP contribution >= 0.6 is 22.9 Å². The lowest BCUT2D eigenvalue weighted by Crippen LogP contribution is -2.41. The zero-order valence-electron chi connectivity index (χ0n) is 26.5. The number of hydrogen-bond acceptors (Lipinski definition) is 7. The summed E-state index contributed by atoms with van der Waals surface area (Å²) >= 11 is 7.65. The van der Waals surface area contributed by atoms with Crippen LogP contribution in [0.25, 0.3) is 22.2 Å². The highest BCUT2D eigenvalue weighted by atomic mass is 35.5. The van der Waals surface area contributed by atoms with Gasteiger partial charge in [-0.05, 0) is 96.5 Å². The molecule has 7 rings (SSSR count). The van der Waals surface area contributed by atoms with Gasteiger partial charge in [0.2, 0.25) is 6.23 Å². The van der Waals surface area contributed by atoms with Crippen LogP contribution in [0, 0.1) is 5.82 Å². The first-order valence-electron chi connectivity index (χ1n) is 15.0. The van der Waals surface area contributed by atoms with Gasteiger partial charge in [-0.3, -0.25) is 4.57 Å². The van der Waals surface area contributed by atoms with E-state index < -0.39 is 48.7 Å². The summed E-state index contributed by atoms with van der Waals surface area (Å²) in [6.45, 7) is 18.2. The summed E-state index contributed by atoms with van der Waals surface area (Å²) in [5, 5.41) is 0.987. The molecule has 0 amide bonds. The largest absolute Gasteiger partial charge is 0.495 e. The lowest BCUT2D eigenvalue weighted by atomic mass is 9.77. The minimum atomic E-state index is -0.736. The van der Waals surface area contributed by atoms with E-state index in [4.69, 9.17) is 35.0 Å². The van der Waals surface area contributed by atoms with Gasteiger partial charge in [-0.1, -0.05) is 30.7 Å². The Kier molecular flexibility index (Phi) is 6.74. The van der Waals surface area contributed by atoms with Crippen LogP contribution in [0.2, 0.25) is 4.47 Å².